The zero-order valence-electron chi connectivity index (χ0n) is 12.3. The standard InChI is InChI=1S/C14H24N4OS/c1-3-18-8-6-11(7-9-18)17(2)10-12-4-5-13(20-12)14(19)16-15/h4-5,11H,3,6-10,15H2,1-2H3,(H,16,19). The highest BCUT2D eigenvalue weighted by atomic mass is 32.1. The van der Waals surface area contributed by atoms with Crippen LogP contribution in [-0.2, 0) is 6.54 Å². The summed E-state index contributed by atoms with van der Waals surface area (Å²) in [6, 6.07) is 4.51. The molecule has 0 unspecified atom stereocenters. The van der Waals surface area contributed by atoms with Gasteiger partial charge >= 0.3 is 0 Å². The van der Waals surface area contributed by atoms with Gasteiger partial charge in [0.05, 0.1) is 4.88 Å². The van der Waals surface area contributed by atoms with E-state index in [0.717, 1.165) is 13.1 Å². The smallest absolute Gasteiger partial charge is 0.275 e. The van der Waals surface area contributed by atoms with Gasteiger partial charge in [0.1, 0.15) is 0 Å². The minimum atomic E-state index is -0.208. The van der Waals surface area contributed by atoms with E-state index in [1.165, 1.54) is 42.1 Å². The summed E-state index contributed by atoms with van der Waals surface area (Å²) in [4.78, 5) is 18.2. The van der Waals surface area contributed by atoms with Gasteiger partial charge < -0.3 is 4.90 Å². The predicted octanol–water partition coefficient (Wildman–Crippen LogP) is 1.27. The number of amides is 1. The van der Waals surface area contributed by atoms with Crippen LogP contribution in [0.4, 0.5) is 0 Å². The summed E-state index contributed by atoms with van der Waals surface area (Å²) in [5.41, 5.74) is 2.17. The average molecular weight is 296 g/mol. The minimum absolute atomic E-state index is 0.208. The molecule has 1 saturated heterocycles. The molecule has 0 aliphatic carbocycles. The Labute approximate surface area is 124 Å². The molecule has 0 atom stereocenters. The molecule has 0 saturated carbocycles. The fourth-order valence-electron chi connectivity index (χ4n) is 2.71. The Morgan fingerprint density at radius 3 is 2.80 bits per heavy atom. The van der Waals surface area contributed by atoms with Crippen molar-refractivity contribution in [2.24, 2.45) is 5.84 Å². The van der Waals surface area contributed by atoms with E-state index < -0.39 is 0 Å². The molecule has 1 aromatic rings. The molecule has 3 N–H and O–H groups in total. The van der Waals surface area contributed by atoms with Crippen molar-refractivity contribution in [1.29, 1.82) is 0 Å². The van der Waals surface area contributed by atoms with Crippen LogP contribution in [-0.4, -0.2) is 48.4 Å². The maximum atomic E-state index is 11.4. The Bertz CT molecular complexity index is 440. The van der Waals surface area contributed by atoms with Crippen molar-refractivity contribution in [3.05, 3.63) is 21.9 Å². The van der Waals surface area contributed by atoms with E-state index in [2.05, 4.69) is 29.2 Å². The van der Waals surface area contributed by atoms with Gasteiger partial charge in [-0.05, 0) is 51.7 Å². The summed E-state index contributed by atoms with van der Waals surface area (Å²) in [6.45, 7) is 6.66. The van der Waals surface area contributed by atoms with E-state index in [0.29, 0.717) is 10.9 Å². The van der Waals surface area contributed by atoms with Crippen LogP contribution in [0.1, 0.15) is 34.3 Å². The summed E-state index contributed by atoms with van der Waals surface area (Å²) in [6.07, 6.45) is 2.46. The van der Waals surface area contributed by atoms with Crippen molar-refractivity contribution < 1.29 is 4.79 Å². The third-order valence-electron chi connectivity index (χ3n) is 4.05. The first kappa shape index (κ1) is 15.4. The number of nitrogen functional groups attached to an aromatic ring is 1. The Morgan fingerprint density at radius 2 is 2.20 bits per heavy atom. The van der Waals surface area contributed by atoms with Gasteiger partial charge in [0.25, 0.3) is 5.91 Å². The van der Waals surface area contributed by atoms with E-state index in [4.69, 9.17) is 5.84 Å². The molecule has 2 heterocycles. The Hall–Kier alpha value is -0.950. The second-order valence-corrected chi connectivity index (χ2v) is 6.49. The Morgan fingerprint density at radius 1 is 1.50 bits per heavy atom. The second kappa shape index (κ2) is 7.17. The van der Waals surface area contributed by atoms with E-state index in [-0.39, 0.29) is 5.91 Å². The van der Waals surface area contributed by atoms with Gasteiger partial charge in [0, 0.05) is 17.5 Å². The molecule has 6 heteroatoms. The molecule has 0 spiro atoms. The summed E-state index contributed by atoms with van der Waals surface area (Å²) in [5, 5.41) is 0. The zero-order chi connectivity index (χ0) is 14.5. The van der Waals surface area contributed by atoms with Gasteiger partial charge in [-0.15, -0.1) is 11.3 Å². The molecule has 1 fully saturated rings. The summed E-state index contributed by atoms with van der Waals surface area (Å²) in [7, 11) is 2.18. The third kappa shape index (κ3) is 3.79. The fraction of sp³-hybridized carbons (Fsp3) is 0.643. The molecule has 1 aliphatic heterocycles. The molecule has 0 radical (unpaired) electrons. The summed E-state index contributed by atoms with van der Waals surface area (Å²) < 4.78 is 0. The number of nitrogens with one attached hydrogen (secondary N) is 1. The Kier molecular flexibility index (Phi) is 5.54. The number of nitrogens with two attached hydrogens (primary N) is 1. The maximum absolute atomic E-state index is 11.4. The number of carbonyl (C=O) groups is 1. The third-order valence-corrected chi connectivity index (χ3v) is 5.12. The van der Waals surface area contributed by atoms with Gasteiger partial charge in [0.15, 0.2) is 0 Å². The highest BCUT2D eigenvalue weighted by Crippen LogP contribution is 2.21. The van der Waals surface area contributed by atoms with Crippen LogP contribution in [0.5, 0.6) is 0 Å². The number of likely N-dealkylation sites (tertiary alicyclic amines) is 1. The molecule has 5 nitrogen and oxygen atoms in total. The Balaban J connectivity index is 1.86. The van der Waals surface area contributed by atoms with Crippen LogP contribution in [0.25, 0.3) is 0 Å². The first-order valence-corrected chi connectivity index (χ1v) is 7.98. The normalized spacial score (nSPS) is 17.6. The average Bonchev–Trinajstić information content (AvgIpc) is 2.95. The highest BCUT2D eigenvalue weighted by molar-refractivity contribution is 7.14. The summed E-state index contributed by atoms with van der Waals surface area (Å²) in [5.74, 6) is 4.94. The van der Waals surface area contributed by atoms with Crippen LogP contribution in [0.15, 0.2) is 12.1 Å². The highest BCUT2D eigenvalue weighted by Gasteiger charge is 2.22. The van der Waals surface area contributed by atoms with Crippen molar-refractivity contribution >= 4 is 17.2 Å². The number of rotatable bonds is 5. The number of piperidine rings is 1. The van der Waals surface area contributed by atoms with Crippen molar-refractivity contribution in [1.82, 2.24) is 15.2 Å². The van der Waals surface area contributed by atoms with Crippen LogP contribution < -0.4 is 11.3 Å². The molecule has 0 bridgehead atoms. The monoisotopic (exact) mass is 296 g/mol. The first-order valence-electron chi connectivity index (χ1n) is 7.16. The SMILES string of the molecule is CCN1CCC(N(C)Cc2ccc(C(=O)NN)s2)CC1. The molecule has 1 aromatic heterocycles. The van der Waals surface area contributed by atoms with E-state index in [1.54, 1.807) is 0 Å². The zero-order valence-corrected chi connectivity index (χ0v) is 13.1. The van der Waals surface area contributed by atoms with Crippen LogP contribution in [0, 0.1) is 0 Å². The molecule has 20 heavy (non-hydrogen) atoms. The molecule has 2 rings (SSSR count). The predicted molar refractivity (Wildman–Crippen MR) is 82.6 cm³/mol. The number of hydrogen-bond acceptors (Lipinski definition) is 5. The number of hydrogen-bond donors (Lipinski definition) is 2. The van der Waals surface area contributed by atoms with Crippen LogP contribution in [0.3, 0.4) is 0 Å². The van der Waals surface area contributed by atoms with Gasteiger partial charge in [-0.2, -0.15) is 0 Å². The lowest BCUT2D eigenvalue weighted by atomic mass is 10.0. The molecular weight excluding hydrogens is 272 g/mol. The maximum Gasteiger partial charge on any atom is 0.275 e. The lowest BCUT2D eigenvalue weighted by molar-refractivity contribution is 0.0957. The van der Waals surface area contributed by atoms with Gasteiger partial charge in [0.2, 0.25) is 0 Å². The van der Waals surface area contributed by atoms with Crippen LogP contribution >= 0.6 is 11.3 Å². The largest absolute Gasteiger partial charge is 0.303 e. The second-order valence-electron chi connectivity index (χ2n) is 5.32. The van der Waals surface area contributed by atoms with Crippen molar-refractivity contribution in [2.75, 3.05) is 26.7 Å². The van der Waals surface area contributed by atoms with Crippen molar-refractivity contribution in [3.63, 3.8) is 0 Å². The molecule has 0 aromatic carbocycles. The molecule has 1 amide bonds. The van der Waals surface area contributed by atoms with E-state index in [9.17, 15) is 4.79 Å². The minimum Gasteiger partial charge on any atom is -0.303 e. The topological polar surface area (TPSA) is 61.6 Å². The quantitative estimate of drug-likeness (QED) is 0.488. The number of hydrazine groups is 1. The van der Waals surface area contributed by atoms with Crippen molar-refractivity contribution in [3.8, 4) is 0 Å². The fourth-order valence-corrected chi connectivity index (χ4v) is 3.68. The first-order chi connectivity index (χ1) is 9.63. The number of carbonyl (C=O) groups excluding carboxylic acids is 1. The number of thiophene rings is 1. The lowest BCUT2D eigenvalue weighted by Crippen LogP contribution is -2.42. The van der Waals surface area contributed by atoms with Gasteiger partial charge in [-0.25, -0.2) is 5.84 Å². The van der Waals surface area contributed by atoms with E-state index >= 15 is 0 Å². The van der Waals surface area contributed by atoms with Crippen LogP contribution in [0.2, 0.25) is 0 Å². The van der Waals surface area contributed by atoms with Crippen molar-refractivity contribution in [2.45, 2.75) is 32.4 Å². The molecular formula is C14H24N4OS. The lowest BCUT2D eigenvalue weighted by Gasteiger charge is -2.36. The summed E-state index contributed by atoms with van der Waals surface area (Å²) >= 11 is 1.52. The number of nitrogens with zero attached hydrogens (tertiary/aromatic N) is 2. The molecule has 112 valence electrons. The van der Waals surface area contributed by atoms with Gasteiger partial charge in [-0.1, -0.05) is 6.92 Å². The van der Waals surface area contributed by atoms with Gasteiger partial charge in [-0.3, -0.25) is 15.1 Å². The van der Waals surface area contributed by atoms with E-state index in [1.807, 2.05) is 12.1 Å². The molecule has 1 aliphatic rings.